The first kappa shape index (κ1) is 13.5. The first-order valence-corrected chi connectivity index (χ1v) is 8.99. The Morgan fingerprint density at radius 3 is 2.67 bits per heavy atom. The number of fused-ring (bicyclic) bond motifs is 1. The minimum Gasteiger partial charge on any atom is -0.353 e. The van der Waals surface area contributed by atoms with Gasteiger partial charge in [-0.3, -0.25) is 4.90 Å². The van der Waals surface area contributed by atoms with Crippen LogP contribution in [-0.4, -0.2) is 42.0 Å². The maximum absolute atomic E-state index is 4.69. The van der Waals surface area contributed by atoms with E-state index in [2.05, 4.69) is 38.4 Å². The summed E-state index contributed by atoms with van der Waals surface area (Å²) in [6.07, 6.45) is 5.84. The fourth-order valence-corrected chi connectivity index (χ4v) is 4.23. The lowest BCUT2D eigenvalue weighted by Gasteiger charge is -2.36. The minimum absolute atomic E-state index is 1.03. The van der Waals surface area contributed by atoms with Crippen molar-refractivity contribution in [1.29, 1.82) is 0 Å². The van der Waals surface area contributed by atoms with Gasteiger partial charge in [0.25, 0.3) is 0 Å². The highest BCUT2D eigenvalue weighted by Crippen LogP contribution is 2.31. The van der Waals surface area contributed by atoms with Gasteiger partial charge >= 0.3 is 0 Å². The van der Waals surface area contributed by atoms with Gasteiger partial charge in [0.2, 0.25) is 0 Å². The van der Waals surface area contributed by atoms with Gasteiger partial charge in [-0.2, -0.15) is 4.37 Å². The molecule has 1 aliphatic heterocycles. The zero-order valence-electron chi connectivity index (χ0n) is 12.5. The van der Waals surface area contributed by atoms with Crippen LogP contribution in [0.3, 0.4) is 0 Å². The molecule has 1 aromatic carbocycles. The monoisotopic (exact) mass is 301 g/mol. The van der Waals surface area contributed by atoms with Gasteiger partial charge in [0.15, 0.2) is 0 Å². The lowest BCUT2D eigenvalue weighted by molar-refractivity contribution is 0.205. The molecule has 0 unspecified atom stereocenters. The molecule has 0 spiro atoms. The number of hydrogen-bond donors (Lipinski definition) is 0. The van der Waals surface area contributed by atoms with Crippen molar-refractivity contribution in [2.24, 2.45) is 5.92 Å². The topological polar surface area (TPSA) is 19.4 Å². The van der Waals surface area contributed by atoms with E-state index < -0.39 is 0 Å². The molecule has 1 aliphatic carbocycles. The van der Waals surface area contributed by atoms with Gasteiger partial charge in [-0.05, 0) is 42.5 Å². The van der Waals surface area contributed by atoms with E-state index in [-0.39, 0.29) is 0 Å². The first-order chi connectivity index (χ1) is 10.4. The van der Waals surface area contributed by atoms with Crippen molar-refractivity contribution in [3.8, 4) is 0 Å². The lowest BCUT2D eigenvalue weighted by atomic mass is 9.83. The summed E-state index contributed by atoms with van der Waals surface area (Å²) in [7, 11) is 0. The predicted octanol–water partition coefficient (Wildman–Crippen LogP) is 3.61. The van der Waals surface area contributed by atoms with Gasteiger partial charge in [-0.25, -0.2) is 0 Å². The van der Waals surface area contributed by atoms with E-state index in [0.717, 1.165) is 19.0 Å². The van der Waals surface area contributed by atoms with Crippen LogP contribution >= 0.6 is 11.5 Å². The van der Waals surface area contributed by atoms with Crippen LogP contribution in [0.25, 0.3) is 10.1 Å². The molecule has 1 saturated carbocycles. The Hall–Kier alpha value is -1.13. The van der Waals surface area contributed by atoms with Gasteiger partial charge in [-0.1, -0.05) is 31.4 Å². The number of nitrogens with zero attached hydrogens (tertiary/aromatic N) is 3. The number of benzene rings is 1. The number of piperazine rings is 1. The highest BCUT2D eigenvalue weighted by molar-refractivity contribution is 7.13. The molecule has 21 heavy (non-hydrogen) atoms. The molecule has 0 bridgehead atoms. The zero-order chi connectivity index (χ0) is 14.1. The largest absolute Gasteiger partial charge is 0.353 e. The maximum atomic E-state index is 4.69. The molecule has 1 aromatic heterocycles. The smallest absolute Gasteiger partial charge is 0.150 e. The van der Waals surface area contributed by atoms with Crippen LogP contribution in [0, 0.1) is 5.92 Å². The number of anilines is 1. The molecule has 0 N–H and O–H groups in total. The summed E-state index contributed by atoms with van der Waals surface area (Å²) in [4.78, 5) is 5.11. The Kier molecular flexibility index (Phi) is 3.82. The Morgan fingerprint density at radius 2 is 1.90 bits per heavy atom. The Labute approximate surface area is 130 Å². The molecule has 3 nitrogen and oxygen atoms in total. The third-order valence-corrected chi connectivity index (χ3v) is 5.93. The fourth-order valence-electron chi connectivity index (χ4n) is 3.43. The molecule has 0 amide bonds. The lowest BCUT2D eigenvalue weighted by Crippen LogP contribution is -2.47. The molecule has 0 atom stereocenters. The number of aromatic nitrogens is 1. The standard InChI is InChI=1S/C17H23N3S/c1-2-7-16-15(6-1)17(18-21-16)20-12-10-19(11-13-20)9-8-14-4-3-5-14/h1-2,6-7,14H,3-5,8-13H2. The second-order valence-corrected chi connectivity index (χ2v) is 7.22. The summed E-state index contributed by atoms with van der Waals surface area (Å²) in [5.41, 5.74) is 0. The van der Waals surface area contributed by atoms with Crippen LogP contribution in [0.5, 0.6) is 0 Å². The van der Waals surface area contributed by atoms with E-state index >= 15 is 0 Å². The SMILES string of the molecule is c1ccc2c(N3CCN(CCC4CCC4)CC3)nsc2c1. The molecule has 1 saturated heterocycles. The highest BCUT2D eigenvalue weighted by Gasteiger charge is 2.22. The molecule has 112 valence electrons. The summed E-state index contributed by atoms with van der Waals surface area (Å²) < 4.78 is 6.00. The summed E-state index contributed by atoms with van der Waals surface area (Å²) in [5.74, 6) is 2.24. The Balaban J connectivity index is 1.36. The van der Waals surface area contributed by atoms with Gasteiger partial charge in [-0.15, -0.1) is 0 Å². The predicted molar refractivity (Wildman–Crippen MR) is 90.2 cm³/mol. The molecule has 0 radical (unpaired) electrons. The number of rotatable bonds is 4. The third kappa shape index (κ3) is 2.79. The zero-order valence-corrected chi connectivity index (χ0v) is 13.3. The maximum Gasteiger partial charge on any atom is 0.150 e. The van der Waals surface area contributed by atoms with Gasteiger partial charge in [0.05, 0.1) is 4.70 Å². The van der Waals surface area contributed by atoms with Crippen LogP contribution in [0.15, 0.2) is 24.3 Å². The molecular weight excluding hydrogens is 278 g/mol. The normalized spacial score (nSPS) is 20.9. The molecule has 2 aliphatic rings. The van der Waals surface area contributed by atoms with E-state index in [0.29, 0.717) is 0 Å². The third-order valence-electron chi connectivity index (χ3n) is 5.11. The van der Waals surface area contributed by atoms with E-state index in [1.807, 2.05) is 0 Å². The van der Waals surface area contributed by atoms with E-state index in [1.54, 1.807) is 11.5 Å². The number of hydrogen-bond acceptors (Lipinski definition) is 4. The van der Waals surface area contributed by atoms with Crippen LogP contribution in [-0.2, 0) is 0 Å². The second-order valence-electron chi connectivity index (χ2n) is 6.42. The molecule has 4 rings (SSSR count). The Morgan fingerprint density at radius 1 is 1.10 bits per heavy atom. The van der Waals surface area contributed by atoms with Crippen LogP contribution < -0.4 is 4.90 Å². The van der Waals surface area contributed by atoms with Crippen molar-refractivity contribution in [2.75, 3.05) is 37.6 Å². The minimum atomic E-state index is 1.03. The average Bonchev–Trinajstić information content (AvgIpc) is 2.90. The molecule has 4 heteroatoms. The van der Waals surface area contributed by atoms with E-state index in [9.17, 15) is 0 Å². The van der Waals surface area contributed by atoms with Crippen LogP contribution in [0.4, 0.5) is 5.82 Å². The van der Waals surface area contributed by atoms with Gasteiger partial charge < -0.3 is 4.90 Å². The van der Waals surface area contributed by atoms with Crippen LogP contribution in [0.1, 0.15) is 25.7 Å². The van der Waals surface area contributed by atoms with Crippen molar-refractivity contribution in [2.45, 2.75) is 25.7 Å². The van der Waals surface area contributed by atoms with Crippen molar-refractivity contribution in [3.63, 3.8) is 0 Å². The molecule has 2 heterocycles. The quantitative estimate of drug-likeness (QED) is 0.860. The van der Waals surface area contributed by atoms with Crippen molar-refractivity contribution >= 4 is 27.4 Å². The van der Waals surface area contributed by atoms with Crippen molar-refractivity contribution in [3.05, 3.63) is 24.3 Å². The molecule has 2 aromatic rings. The van der Waals surface area contributed by atoms with Crippen molar-refractivity contribution < 1.29 is 0 Å². The summed E-state index contributed by atoms with van der Waals surface area (Å²) >= 11 is 1.63. The summed E-state index contributed by atoms with van der Waals surface area (Å²) in [6, 6.07) is 8.60. The van der Waals surface area contributed by atoms with Crippen LogP contribution in [0.2, 0.25) is 0 Å². The summed E-state index contributed by atoms with van der Waals surface area (Å²) in [6.45, 7) is 5.93. The molecule has 2 fully saturated rings. The van der Waals surface area contributed by atoms with E-state index in [1.165, 1.54) is 61.2 Å². The summed E-state index contributed by atoms with van der Waals surface area (Å²) in [5, 5.41) is 1.32. The van der Waals surface area contributed by atoms with Crippen molar-refractivity contribution in [1.82, 2.24) is 9.27 Å². The second kappa shape index (κ2) is 5.93. The first-order valence-electron chi connectivity index (χ1n) is 8.22. The van der Waals surface area contributed by atoms with Gasteiger partial charge in [0.1, 0.15) is 5.82 Å². The fraction of sp³-hybridized carbons (Fsp3) is 0.588. The van der Waals surface area contributed by atoms with Gasteiger partial charge in [0, 0.05) is 31.6 Å². The molecular formula is C17H23N3S. The van der Waals surface area contributed by atoms with E-state index in [4.69, 9.17) is 0 Å². The Bertz CT molecular complexity index is 597. The average molecular weight is 301 g/mol. The highest BCUT2D eigenvalue weighted by atomic mass is 32.1.